The molecule has 0 amide bonds. The van der Waals surface area contributed by atoms with Gasteiger partial charge in [-0.15, -0.1) is 0 Å². The van der Waals surface area contributed by atoms with E-state index in [2.05, 4.69) is 10.2 Å². The van der Waals surface area contributed by atoms with E-state index in [9.17, 15) is 4.39 Å². The third-order valence-electron chi connectivity index (χ3n) is 2.78. The van der Waals surface area contributed by atoms with Crippen LogP contribution in [-0.2, 0) is 4.74 Å². The summed E-state index contributed by atoms with van der Waals surface area (Å²) in [6.45, 7) is 5.55. The van der Waals surface area contributed by atoms with Gasteiger partial charge in [0.25, 0.3) is 0 Å². The Morgan fingerprint density at radius 3 is 2.67 bits per heavy atom. The van der Waals surface area contributed by atoms with E-state index in [-0.39, 0.29) is 18.0 Å². The van der Waals surface area contributed by atoms with Gasteiger partial charge in [0.15, 0.2) is 5.11 Å². The Morgan fingerprint density at radius 2 is 2.06 bits per heavy atom. The highest BCUT2D eigenvalue weighted by Gasteiger charge is 2.23. The molecule has 2 rings (SSSR count). The molecule has 1 saturated heterocycles. The fourth-order valence-electron chi connectivity index (χ4n) is 2.11. The van der Waals surface area contributed by atoms with Gasteiger partial charge >= 0.3 is 0 Å². The number of ether oxygens (including phenoxy) is 1. The van der Waals surface area contributed by atoms with E-state index in [1.807, 2.05) is 13.8 Å². The van der Waals surface area contributed by atoms with Crippen molar-refractivity contribution in [1.82, 2.24) is 4.90 Å². The van der Waals surface area contributed by atoms with Gasteiger partial charge in [-0.05, 0) is 44.3 Å². The Labute approximate surface area is 112 Å². The molecule has 2 atom stereocenters. The number of nitrogens with one attached hydrogen (secondary N) is 1. The molecule has 1 aliphatic heterocycles. The van der Waals surface area contributed by atoms with Crippen LogP contribution >= 0.6 is 12.2 Å². The van der Waals surface area contributed by atoms with E-state index in [1.54, 1.807) is 12.1 Å². The fraction of sp³-hybridized carbons (Fsp3) is 0.462. The van der Waals surface area contributed by atoms with Crippen LogP contribution in [0.4, 0.5) is 10.1 Å². The number of hydrogen-bond acceptors (Lipinski definition) is 2. The molecule has 0 aliphatic carbocycles. The lowest BCUT2D eigenvalue weighted by atomic mass is 10.2. The van der Waals surface area contributed by atoms with E-state index in [1.165, 1.54) is 12.1 Å². The normalized spacial score (nSPS) is 23.8. The summed E-state index contributed by atoms with van der Waals surface area (Å²) in [5.41, 5.74) is 0.673. The summed E-state index contributed by atoms with van der Waals surface area (Å²) in [4.78, 5) is 2.05. The number of nitrogens with zero attached hydrogens (tertiary/aromatic N) is 1. The second-order valence-electron chi connectivity index (χ2n) is 4.60. The Kier molecular flexibility index (Phi) is 4.14. The van der Waals surface area contributed by atoms with Gasteiger partial charge in [-0.1, -0.05) is 6.07 Å². The van der Waals surface area contributed by atoms with Gasteiger partial charge < -0.3 is 15.0 Å². The molecule has 1 aromatic carbocycles. The molecule has 0 aromatic heterocycles. The molecular formula is C13H17FN2OS. The van der Waals surface area contributed by atoms with Crippen molar-refractivity contribution in [2.45, 2.75) is 26.1 Å². The summed E-state index contributed by atoms with van der Waals surface area (Å²) in [7, 11) is 0. The second kappa shape index (κ2) is 5.63. The van der Waals surface area contributed by atoms with E-state index in [0.29, 0.717) is 10.8 Å². The summed E-state index contributed by atoms with van der Waals surface area (Å²) in [5, 5.41) is 3.67. The standard InChI is InChI=1S/C13H17FN2OS/c1-9-7-16(8-10(2)17-9)13(18)15-12-5-3-4-11(14)6-12/h3-6,9-10H,7-8H2,1-2H3,(H,15,18)/t9-,10-/m0/s1. The van der Waals surface area contributed by atoms with Gasteiger partial charge in [-0.25, -0.2) is 4.39 Å². The van der Waals surface area contributed by atoms with Crippen molar-refractivity contribution < 1.29 is 9.13 Å². The van der Waals surface area contributed by atoms with Gasteiger partial charge in [-0.3, -0.25) is 0 Å². The molecular weight excluding hydrogens is 251 g/mol. The van der Waals surface area contributed by atoms with Crippen molar-refractivity contribution in [1.29, 1.82) is 0 Å². The van der Waals surface area contributed by atoms with Gasteiger partial charge in [-0.2, -0.15) is 0 Å². The summed E-state index contributed by atoms with van der Waals surface area (Å²) in [6.07, 6.45) is 0.307. The average Bonchev–Trinajstić information content (AvgIpc) is 2.27. The van der Waals surface area contributed by atoms with E-state index >= 15 is 0 Å². The number of anilines is 1. The van der Waals surface area contributed by atoms with E-state index in [4.69, 9.17) is 17.0 Å². The Morgan fingerprint density at radius 1 is 1.39 bits per heavy atom. The summed E-state index contributed by atoms with van der Waals surface area (Å²) in [5.74, 6) is -0.272. The molecule has 3 nitrogen and oxygen atoms in total. The maximum absolute atomic E-state index is 13.1. The number of halogens is 1. The molecule has 1 aromatic rings. The largest absolute Gasteiger partial charge is 0.372 e. The van der Waals surface area contributed by atoms with Gasteiger partial charge in [0.05, 0.1) is 12.2 Å². The second-order valence-corrected chi connectivity index (χ2v) is 4.99. The van der Waals surface area contributed by atoms with Crippen LogP contribution in [0.15, 0.2) is 24.3 Å². The molecule has 0 unspecified atom stereocenters. The van der Waals surface area contributed by atoms with E-state index < -0.39 is 0 Å². The van der Waals surface area contributed by atoms with Crippen LogP contribution in [0.2, 0.25) is 0 Å². The molecule has 0 bridgehead atoms. The monoisotopic (exact) mass is 268 g/mol. The average molecular weight is 268 g/mol. The van der Waals surface area contributed by atoms with Gasteiger partial charge in [0.2, 0.25) is 0 Å². The van der Waals surface area contributed by atoms with E-state index in [0.717, 1.165) is 13.1 Å². The first-order valence-corrected chi connectivity index (χ1v) is 6.42. The third-order valence-corrected chi connectivity index (χ3v) is 3.14. The first kappa shape index (κ1) is 13.2. The zero-order chi connectivity index (χ0) is 13.1. The SMILES string of the molecule is C[C@H]1CN(C(=S)Nc2cccc(F)c2)C[C@H](C)O1. The molecule has 0 saturated carbocycles. The van der Waals surface area contributed by atoms with Crippen molar-refractivity contribution >= 4 is 23.0 Å². The number of rotatable bonds is 1. The smallest absolute Gasteiger partial charge is 0.173 e. The quantitative estimate of drug-likeness (QED) is 0.791. The number of morpholine rings is 1. The van der Waals surface area contributed by atoms with Gasteiger partial charge in [0.1, 0.15) is 5.82 Å². The molecule has 0 radical (unpaired) electrons. The minimum atomic E-state index is -0.272. The van der Waals surface area contributed by atoms with Crippen LogP contribution in [0.5, 0.6) is 0 Å². The summed E-state index contributed by atoms with van der Waals surface area (Å²) < 4.78 is 18.7. The van der Waals surface area contributed by atoms with Crippen LogP contribution < -0.4 is 5.32 Å². The van der Waals surface area contributed by atoms with Crippen molar-refractivity contribution in [3.05, 3.63) is 30.1 Å². The maximum atomic E-state index is 13.1. The Hall–Kier alpha value is -1.20. The topological polar surface area (TPSA) is 24.5 Å². The first-order valence-electron chi connectivity index (χ1n) is 6.01. The Bertz CT molecular complexity index is 431. The molecule has 1 aliphatic rings. The zero-order valence-electron chi connectivity index (χ0n) is 10.5. The summed E-state index contributed by atoms with van der Waals surface area (Å²) in [6, 6.07) is 6.29. The summed E-state index contributed by atoms with van der Waals surface area (Å²) >= 11 is 5.34. The minimum absolute atomic E-state index is 0.154. The van der Waals surface area contributed by atoms with Crippen LogP contribution in [0.1, 0.15) is 13.8 Å². The molecule has 1 fully saturated rings. The predicted octanol–water partition coefficient (Wildman–Crippen LogP) is 2.63. The highest BCUT2D eigenvalue weighted by molar-refractivity contribution is 7.80. The van der Waals surface area contributed by atoms with Crippen LogP contribution in [0, 0.1) is 5.82 Å². The molecule has 18 heavy (non-hydrogen) atoms. The fourth-order valence-corrected chi connectivity index (χ4v) is 2.38. The zero-order valence-corrected chi connectivity index (χ0v) is 11.3. The molecule has 1 heterocycles. The van der Waals surface area contributed by atoms with Crippen LogP contribution in [-0.4, -0.2) is 35.3 Å². The molecule has 98 valence electrons. The van der Waals surface area contributed by atoms with Gasteiger partial charge in [0, 0.05) is 18.8 Å². The molecule has 1 N–H and O–H groups in total. The lowest BCUT2D eigenvalue weighted by Gasteiger charge is -2.36. The lowest BCUT2D eigenvalue weighted by Crippen LogP contribution is -2.49. The predicted molar refractivity (Wildman–Crippen MR) is 74.2 cm³/mol. The maximum Gasteiger partial charge on any atom is 0.173 e. The highest BCUT2D eigenvalue weighted by Crippen LogP contribution is 2.14. The lowest BCUT2D eigenvalue weighted by molar-refractivity contribution is -0.0473. The number of benzene rings is 1. The highest BCUT2D eigenvalue weighted by atomic mass is 32.1. The molecule has 5 heteroatoms. The minimum Gasteiger partial charge on any atom is -0.372 e. The Balaban J connectivity index is 1.99. The number of hydrogen-bond donors (Lipinski definition) is 1. The van der Waals surface area contributed by atoms with Crippen molar-refractivity contribution in [2.75, 3.05) is 18.4 Å². The number of thiocarbonyl (C=S) groups is 1. The molecule has 0 spiro atoms. The van der Waals surface area contributed by atoms with Crippen LogP contribution in [0.3, 0.4) is 0 Å². The van der Waals surface area contributed by atoms with Crippen LogP contribution in [0.25, 0.3) is 0 Å². The van der Waals surface area contributed by atoms with Crippen molar-refractivity contribution in [3.63, 3.8) is 0 Å². The first-order chi connectivity index (χ1) is 8.54. The van der Waals surface area contributed by atoms with Crippen molar-refractivity contribution in [3.8, 4) is 0 Å². The van der Waals surface area contributed by atoms with Crippen molar-refractivity contribution in [2.24, 2.45) is 0 Å². The third kappa shape index (κ3) is 3.40.